The van der Waals surface area contributed by atoms with Crippen LogP contribution in [-0.4, -0.2) is 12.6 Å². The van der Waals surface area contributed by atoms with E-state index in [1.165, 1.54) is 0 Å². The molecular formula is C15H15NO2. The molecule has 0 saturated heterocycles. The van der Waals surface area contributed by atoms with Gasteiger partial charge in [0.25, 0.3) is 6.09 Å². The number of carboxylic acid groups (broad SMARTS) is 1. The van der Waals surface area contributed by atoms with Crippen molar-refractivity contribution in [3.05, 3.63) is 60.7 Å². The van der Waals surface area contributed by atoms with E-state index in [9.17, 15) is 9.90 Å². The molecule has 3 heteroatoms. The lowest BCUT2D eigenvalue weighted by molar-refractivity contribution is -0.260. The average Bonchev–Trinajstić information content (AvgIpc) is 2.42. The van der Waals surface area contributed by atoms with Gasteiger partial charge in [-0.25, -0.2) is 4.48 Å². The molecule has 2 aromatic rings. The van der Waals surface area contributed by atoms with Gasteiger partial charge in [0, 0.05) is 24.3 Å². The maximum absolute atomic E-state index is 11.7. The minimum Gasteiger partial charge on any atom is -0.498 e. The van der Waals surface area contributed by atoms with Crippen molar-refractivity contribution in [3.8, 4) is 0 Å². The van der Waals surface area contributed by atoms with E-state index >= 15 is 0 Å². The zero-order valence-corrected chi connectivity index (χ0v) is 10.2. The highest BCUT2D eigenvalue weighted by atomic mass is 16.4. The second kappa shape index (κ2) is 5.02. The minimum atomic E-state index is -1.12. The molecule has 2 rings (SSSR count). The summed E-state index contributed by atoms with van der Waals surface area (Å²) in [5.74, 6) is 0. The molecule has 18 heavy (non-hydrogen) atoms. The van der Waals surface area contributed by atoms with Gasteiger partial charge >= 0.3 is 0 Å². The van der Waals surface area contributed by atoms with Crippen LogP contribution in [0.15, 0.2) is 60.7 Å². The standard InChI is InChI=1S/C15H15NO2/c1-2-16(15(17)18,13-9-5-3-6-10-13)14-11-7-4-8-12-14/h3-12H,2H2,1H3. The molecule has 0 saturated carbocycles. The predicted octanol–water partition coefficient (Wildman–Crippen LogP) is 2.69. The van der Waals surface area contributed by atoms with E-state index in [1.54, 1.807) is 0 Å². The number of benzene rings is 2. The van der Waals surface area contributed by atoms with Gasteiger partial charge in [0.1, 0.15) is 11.4 Å². The fourth-order valence-corrected chi connectivity index (χ4v) is 2.22. The third-order valence-corrected chi connectivity index (χ3v) is 3.18. The number of carbonyl (C=O) groups excluding carboxylic acids is 1. The normalized spacial score (nSPS) is 11.2. The monoisotopic (exact) mass is 241 g/mol. The van der Waals surface area contributed by atoms with E-state index in [-0.39, 0.29) is 4.48 Å². The summed E-state index contributed by atoms with van der Waals surface area (Å²) >= 11 is 0. The Kier molecular flexibility index (Phi) is 3.44. The molecule has 0 aliphatic rings. The number of rotatable bonds is 3. The molecule has 0 aliphatic carbocycles. The fraction of sp³-hybridized carbons (Fsp3) is 0.133. The second-order valence-electron chi connectivity index (χ2n) is 4.06. The van der Waals surface area contributed by atoms with Crippen LogP contribution >= 0.6 is 0 Å². The van der Waals surface area contributed by atoms with Gasteiger partial charge in [-0.2, -0.15) is 0 Å². The van der Waals surface area contributed by atoms with Crippen molar-refractivity contribution in [2.24, 2.45) is 0 Å². The first-order valence-electron chi connectivity index (χ1n) is 5.92. The minimum absolute atomic E-state index is 0.290. The third kappa shape index (κ3) is 1.89. The lowest BCUT2D eigenvalue weighted by Crippen LogP contribution is -2.56. The predicted molar refractivity (Wildman–Crippen MR) is 70.3 cm³/mol. The number of hydrogen-bond donors (Lipinski definition) is 0. The van der Waals surface area contributed by atoms with Crippen LogP contribution in [0.25, 0.3) is 0 Å². The molecule has 0 atom stereocenters. The molecule has 0 N–H and O–H groups in total. The summed E-state index contributed by atoms with van der Waals surface area (Å²) in [6, 6.07) is 18.3. The molecule has 2 aromatic carbocycles. The highest BCUT2D eigenvalue weighted by Gasteiger charge is 2.33. The van der Waals surface area contributed by atoms with Crippen LogP contribution < -0.4 is 9.59 Å². The third-order valence-electron chi connectivity index (χ3n) is 3.18. The first kappa shape index (κ1) is 12.3. The molecule has 0 aromatic heterocycles. The van der Waals surface area contributed by atoms with Crippen molar-refractivity contribution in [1.82, 2.24) is 4.48 Å². The Bertz CT molecular complexity index is 483. The molecule has 3 nitrogen and oxygen atoms in total. The van der Waals surface area contributed by atoms with E-state index in [2.05, 4.69) is 0 Å². The maximum atomic E-state index is 11.7. The summed E-state index contributed by atoms with van der Waals surface area (Å²) in [5.41, 5.74) is 1.40. The molecule has 0 fully saturated rings. The largest absolute Gasteiger partial charge is 0.498 e. The maximum Gasteiger partial charge on any atom is 0.268 e. The van der Waals surface area contributed by atoms with E-state index in [0.717, 1.165) is 0 Å². The molecule has 0 spiro atoms. The van der Waals surface area contributed by atoms with Gasteiger partial charge < -0.3 is 9.90 Å². The zero-order chi connectivity index (χ0) is 13.0. The summed E-state index contributed by atoms with van der Waals surface area (Å²) in [6.45, 7) is 2.24. The Morgan fingerprint density at radius 3 is 1.61 bits per heavy atom. The van der Waals surface area contributed by atoms with Crippen molar-refractivity contribution in [2.45, 2.75) is 6.92 Å². The van der Waals surface area contributed by atoms with Crippen molar-refractivity contribution < 1.29 is 9.90 Å². The molecule has 0 unspecified atom stereocenters. The van der Waals surface area contributed by atoms with Crippen LogP contribution in [0.3, 0.4) is 0 Å². The van der Waals surface area contributed by atoms with Gasteiger partial charge in [-0.1, -0.05) is 36.4 Å². The van der Waals surface area contributed by atoms with Gasteiger partial charge in [0.2, 0.25) is 0 Å². The number of hydrogen-bond acceptors (Lipinski definition) is 2. The lowest BCUT2D eigenvalue weighted by Gasteiger charge is -2.35. The summed E-state index contributed by atoms with van der Waals surface area (Å²) < 4.78 is -0.290. The van der Waals surface area contributed by atoms with Crippen LogP contribution in [0.2, 0.25) is 0 Å². The van der Waals surface area contributed by atoms with Crippen molar-refractivity contribution >= 4 is 17.5 Å². The van der Waals surface area contributed by atoms with Crippen LogP contribution in [0.1, 0.15) is 6.92 Å². The molecule has 92 valence electrons. The fourth-order valence-electron chi connectivity index (χ4n) is 2.22. The number of quaternary nitrogens is 1. The summed E-state index contributed by atoms with van der Waals surface area (Å²) in [6.07, 6.45) is -1.12. The number of amides is 1. The van der Waals surface area contributed by atoms with Crippen LogP contribution in [-0.2, 0) is 0 Å². The molecule has 0 aliphatic heterocycles. The van der Waals surface area contributed by atoms with E-state index < -0.39 is 6.09 Å². The first-order chi connectivity index (χ1) is 8.71. The van der Waals surface area contributed by atoms with Crippen LogP contribution in [0.5, 0.6) is 0 Å². The van der Waals surface area contributed by atoms with Gasteiger partial charge in [-0.15, -0.1) is 0 Å². The molecule has 0 heterocycles. The van der Waals surface area contributed by atoms with E-state index in [1.807, 2.05) is 67.6 Å². The highest BCUT2D eigenvalue weighted by molar-refractivity contribution is 5.87. The van der Waals surface area contributed by atoms with Gasteiger partial charge in [0.15, 0.2) is 0 Å². The summed E-state index contributed by atoms with van der Waals surface area (Å²) in [4.78, 5) is 11.7. The SMILES string of the molecule is CC[N+](C(=O)[O-])(c1ccccc1)c1ccccc1. The van der Waals surface area contributed by atoms with Crippen LogP contribution in [0, 0.1) is 0 Å². The van der Waals surface area contributed by atoms with Crippen molar-refractivity contribution in [1.29, 1.82) is 0 Å². The molecule has 1 amide bonds. The number of para-hydroxylation sites is 2. The smallest absolute Gasteiger partial charge is 0.268 e. The topological polar surface area (TPSA) is 40.1 Å². The number of nitrogens with zero attached hydrogens (tertiary/aromatic N) is 1. The zero-order valence-electron chi connectivity index (χ0n) is 10.2. The molecule has 0 bridgehead atoms. The van der Waals surface area contributed by atoms with Crippen molar-refractivity contribution in [2.75, 3.05) is 6.54 Å². The van der Waals surface area contributed by atoms with Crippen LogP contribution in [0.4, 0.5) is 16.2 Å². The Labute approximate surface area is 107 Å². The summed E-state index contributed by atoms with van der Waals surface area (Å²) in [7, 11) is 0. The summed E-state index contributed by atoms with van der Waals surface area (Å²) in [5, 5.41) is 11.7. The lowest BCUT2D eigenvalue weighted by atomic mass is 10.2. The molecular weight excluding hydrogens is 226 g/mol. The van der Waals surface area contributed by atoms with E-state index in [4.69, 9.17) is 0 Å². The second-order valence-corrected chi connectivity index (χ2v) is 4.06. The van der Waals surface area contributed by atoms with Gasteiger partial charge in [0.05, 0.1) is 6.54 Å². The first-order valence-corrected chi connectivity index (χ1v) is 5.92. The van der Waals surface area contributed by atoms with Crippen molar-refractivity contribution in [3.63, 3.8) is 0 Å². The average molecular weight is 241 g/mol. The molecule has 0 radical (unpaired) electrons. The Hall–Kier alpha value is -2.13. The Morgan fingerprint density at radius 2 is 1.33 bits per heavy atom. The van der Waals surface area contributed by atoms with Gasteiger partial charge in [-0.3, -0.25) is 0 Å². The van der Waals surface area contributed by atoms with E-state index in [0.29, 0.717) is 17.9 Å². The highest BCUT2D eigenvalue weighted by Crippen LogP contribution is 2.33. The van der Waals surface area contributed by atoms with Gasteiger partial charge in [-0.05, 0) is 6.92 Å². The Balaban J connectivity index is 2.65. The quantitative estimate of drug-likeness (QED) is 0.775. The Morgan fingerprint density at radius 1 is 0.944 bits per heavy atom. The number of carbonyl (C=O) groups is 1.